The number of carbonyl (C=O) groups is 2. The van der Waals surface area contributed by atoms with E-state index in [9.17, 15) is 22.8 Å². The predicted molar refractivity (Wildman–Crippen MR) is 50.7 cm³/mol. The molecule has 7 heteroatoms. The Bertz CT molecular complexity index is 269. The van der Waals surface area contributed by atoms with Crippen molar-refractivity contribution < 1.29 is 22.8 Å². The quantitative estimate of drug-likeness (QED) is 0.714. The molecule has 0 aromatic heterocycles. The smallest absolute Gasteiger partial charge is 0.273 e. The maximum absolute atomic E-state index is 11.7. The van der Waals surface area contributed by atoms with Crippen LogP contribution in [-0.4, -0.2) is 18.0 Å². The minimum atomic E-state index is -5.00. The van der Waals surface area contributed by atoms with Crippen molar-refractivity contribution in [3.63, 3.8) is 0 Å². The Labute approximate surface area is 91.5 Å². The molecule has 0 aromatic rings. The van der Waals surface area contributed by atoms with E-state index in [1.54, 1.807) is 5.43 Å². The lowest BCUT2D eigenvalue weighted by molar-refractivity contribution is -0.175. The summed E-state index contributed by atoms with van der Waals surface area (Å²) in [5, 5.41) is 0. The van der Waals surface area contributed by atoms with Crippen LogP contribution in [0.1, 0.15) is 27.2 Å². The van der Waals surface area contributed by atoms with Crippen molar-refractivity contribution in [2.75, 3.05) is 0 Å². The molecule has 0 rings (SSSR count). The van der Waals surface area contributed by atoms with E-state index in [-0.39, 0.29) is 5.41 Å². The Morgan fingerprint density at radius 2 is 1.62 bits per heavy atom. The first-order valence-electron chi connectivity index (χ1n) is 4.53. The van der Waals surface area contributed by atoms with Crippen molar-refractivity contribution in [1.29, 1.82) is 0 Å². The molecule has 16 heavy (non-hydrogen) atoms. The van der Waals surface area contributed by atoms with Crippen molar-refractivity contribution in [2.45, 2.75) is 33.4 Å². The van der Waals surface area contributed by atoms with Crippen molar-refractivity contribution >= 4 is 11.8 Å². The van der Waals surface area contributed by atoms with Crippen LogP contribution >= 0.6 is 0 Å². The van der Waals surface area contributed by atoms with Crippen LogP contribution in [0.25, 0.3) is 0 Å². The number of hydrogen-bond donors (Lipinski definition) is 2. The number of hydrazine groups is 1. The molecule has 0 aliphatic rings. The number of rotatable bonds is 2. The molecule has 0 saturated carbocycles. The van der Waals surface area contributed by atoms with Crippen LogP contribution in [0, 0.1) is 11.8 Å². The Morgan fingerprint density at radius 3 is 2.00 bits per heavy atom. The van der Waals surface area contributed by atoms with Gasteiger partial charge in [-0.3, -0.25) is 20.4 Å². The number of alkyl halides is 3. The first-order valence-corrected chi connectivity index (χ1v) is 4.53. The van der Waals surface area contributed by atoms with Crippen LogP contribution < -0.4 is 10.9 Å². The summed E-state index contributed by atoms with van der Waals surface area (Å²) >= 11 is 0. The number of amides is 2. The lowest BCUT2D eigenvalue weighted by atomic mass is 9.90. The molecule has 1 radical (unpaired) electrons. The normalized spacial score (nSPS) is 12.1. The van der Waals surface area contributed by atoms with Gasteiger partial charge in [0.25, 0.3) is 0 Å². The second-order valence-electron chi connectivity index (χ2n) is 4.41. The molecule has 2 amide bonds. The molecule has 0 aliphatic carbocycles. The molecule has 0 aromatic carbocycles. The van der Waals surface area contributed by atoms with Gasteiger partial charge in [-0.2, -0.15) is 13.2 Å². The Kier molecular flexibility index (Phi) is 4.77. The molecule has 0 heterocycles. The van der Waals surface area contributed by atoms with Gasteiger partial charge in [0.1, 0.15) is 0 Å². The van der Waals surface area contributed by atoms with Crippen LogP contribution in [0.5, 0.6) is 0 Å². The van der Waals surface area contributed by atoms with Gasteiger partial charge in [-0.15, -0.1) is 0 Å². The molecule has 93 valence electrons. The van der Waals surface area contributed by atoms with Crippen LogP contribution in [0.3, 0.4) is 0 Å². The van der Waals surface area contributed by atoms with E-state index in [1.807, 2.05) is 20.8 Å². The highest BCUT2D eigenvalue weighted by Crippen LogP contribution is 2.19. The fourth-order valence-corrected chi connectivity index (χ4v) is 0.639. The molecule has 0 aliphatic heterocycles. The maximum Gasteiger partial charge on any atom is 0.472 e. The highest BCUT2D eigenvalue weighted by Gasteiger charge is 2.38. The Balaban J connectivity index is 3.88. The molecular weight excluding hydrogens is 225 g/mol. The highest BCUT2D eigenvalue weighted by molar-refractivity contribution is 5.88. The summed E-state index contributed by atoms with van der Waals surface area (Å²) in [7, 11) is 0. The van der Waals surface area contributed by atoms with E-state index in [4.69, 9.17) is 0 Å². The fourth-order valence-electron chi connectivity index (χ4n) is 0.639. The zero-order valence-electron chi connectivity index (χ0n) is 9.23. The van der Waals surface area contributed by atoms with Gasteiger partial charge in [0.2, 0.25) is 5.91 Å². The number of halogens is 3. The van der Waals surface area contributed by atoms with Crippen molar-refractivity contribution in [2.24, 2.45) is 5.41 Å². The van der Waals surface area contributed by atoms with Crippen LogP contribution in [-0.2, 0) is 9.59 Å². The monoisotopic (exact) mass is 239 g/mol. The minimum Gasteiger partial charge on any atom is -0.273 e. The van der Waals surface area contributed by atoms with E-state index in [0.717, 1.165) is 0 Å². The molecular formula is C9H14F3N2O2. The summed E-state index contributed by atoms with van der Waals surface area (Å²) in [5.41, 5.74) is 2.76. The van der Waals surface area contributed by atoms with E-state index < -0.39 is 18.0 Å². The number of carbonyl (C=O) groups excluding carboxylic acids is 2. The van der Waals surface area contributed by atoms with Gasteiger partial charge >= 0.3 is 12.1 Å². The molecule has 0 fully saturated rings. The van der Waals surface area contributed by atoms with Crippen molar-refractivity contribution in [3.05, 3.63) is 6.42 Å². The summed E-state index contributed by atoms with van der Waals surface area (Å²) in [6.45, 7) is 5.60. The molecule has 0 saturated heterocycles. The van der Waals surface area contributed by atoms with Gasteiger partial charge in [0, 0.05) is 0 Å². The largest absolute Gasteiger partial charge is 0.472 e. The highest BCUT2D eigenvalue weighted by atomic mass is 19.4. The van der Waals surface area contributed by atoms with Gasteiger partial charge in [-0.25, -0.2) is 0 Å². The average Bonchev–Trinajstić information content (AvgIpc) is 2.08. The zero-order valence-corrected chi connectivity index (χ0v) is 9.23. The molecule has 0 bridgehead atoms. The zero-order chi connectivity index (χ0) is 13.0. The van der Waals surface area contributed by atoms with E-state index in [2.05, 4.69) is 0 Å². The summed E-state index contributed by atoms with van der Waals surface area (Å²) in [4.78, 5) is 21.3. The van der Waals surface area contributed by atoms with Crippen molar-refractivity contribution in [1.82, 2.24) is 10.9 Å². The Hall–Kier alpha value is -1.27. The first kappa shape index (κ1) is 14.7. The van der Waals surface area contributed by atoms with Crippen LogP contribution in [0.15, 0.2) is 0 Å². The van der Waals surface area contributed by atoms with Crippen molar-refractivity contribution in [3.8, 4) is 0 Å². The lowest BCUT2D eigenvalue weighted by Gasteiger charge is -2.17. The standard InChI is InChI=1S/C9H14F3N2O2/c1-8(2,3)5-4-6(15)13-14-7(16)9(10,11)12/h4H,5H2,1-3H3,(H,13,15)(H,14,16). The minimum absolute atomic E-state index is 0.147. The topological polar surface area (TPSA) is 58.2 Å². The summed E-state index contributed by atoms with van der Waals surface area (Å²) in [5.74, 6) is -2.97. The second-order valence-corrected chi connectivity index (χ2v) is 4.41. The third-order valence-corrected chi connectivity index (χ3v) is 1.46. The van der Waals surface area contributed by atoms with Gasteiger partial charge < -0.3 is 0 Å². The molecule has 0 unspecified atom stereocenters. The fraction of sp³-hybridized carbons (Fsp3) is 0.667. The Morgan fingerprint density at radius 1 is 1.12 bits per heavy atom. The summed E-state index contributed by atoms with van der Waals surface area (Å²) in [6.07, 6.45) is -3.44. The second kappa shape index (κ2) is 5.18. The molecule has 2 N–H and O–H groups in total. The molecule has 4 nitrogen and oxygen atoms in total. The number of nitrogens with one attached hydrogen (secondary N) is 2. The third-order valence-electron chi connectivity index (χ3n) is 1.46. The third kappa shape index (κ3) is 7.08. The predicted octanol–water partition coefficient (Wildman–Crippen LogP) is 1.34. The maximum atomic E-state index is 11.7. The van der Waals surface area contributed by atoms with E-state index in [1.165, 1.54) is 11.8 Å². The van der Waals surface area contributed by atoms with Crippen LogP contribution in [0.2, 0.25) is 0 Å². The molecule has 0 atom stereocenters. The number of hydrogen-bond acceptors (Lipinski definition) is 2. The van der Waals surface area contributed by atoms with E-state index in [0.29, 0.717) is 6.42 Å². The lowest BCUT2D eigenvalue weighted by Crippen LogP contribution is -2.47. The van der Waals surface area contributed by atoms with Gasteiger partial charge in [0.15, 0.2) is 0 Å². The van der Waals surface area contributed by atoms with Crippen LogP contribution in [0.4, 0.5) is 13.2 Å². The van der Waals surface area contributed by atoms with E-state index >= 15 is 0 Å². The summed E-state index contributed by atoms with van der Waals surface area (Å²) < 4.78 is 35.1. The average molecular weight is 239 g/mol. The first-order chi connectivity index (χ1) is 7.02. The summed E-state index contributed by atoms with van der Waals surface area (Å²) in [6, 6.07) is 0. The SMILES string of the molecule is CC(C)(C)C[CH]C(=O)NNC(=O)C(F)(F)F. The van der Waals surface area contributed by atoms with Gasteiger partial charge in [-0.05, 0) is 11.8 Å². The molecule has 0 spiro atoms. The van der Waals surface area contributed by atoms with Gasteiger partial charge in [-0.1, -0.05) is 20.8 Å². The van der Waals surface area contributed by atoms with Gasteiger partial charge in [0.05, 0.1) is 6.42 Å².